The van der Waals surface area contributed by atoms with Crippen molar-refractivity contribution in [3.63, 3.8) is 0 Å². The van der Waals surface area contributed by atoms with Crippen LogP contribution in [0.3, 0.4) is 0 Å². The van der Waals surface area contributed by atoms with Gasteiger partial charge in [0, 0.05) is 12.7 Å². The summed E-state index contributed by atoms with van der Waals surface area (Å²) in [6.45, 7) is 1.47. The van der Waals surface area contributed by atoms with E-state index in [1.807, 2.05) is 18.2 Å². The highest BCUT2D eigenvalue weighted by Gasteiger charge is 2.02. The maximum absolute atomic E-state index is 11.5. The molecule has 100 valence electrons. The van der Waals surface area contributed by atoms with E-state index in [0.717, 1.165) is 37.4 Å². The Hall–Kier alpha value is -0.720. The molecule has 3 N–H and O–H groups in total. The van der Waals surface area contributed by atoms with Crippen molar-refractivity contribution in [2.75, 3.05) is 18.8 Å². The van der Waals surface area contributed by atoms with Crippen LogP contribution >= 0.6 is 21.6 Å². The zero-order valence-corrected chi connectivity index (χ0v) is 11.9. The third-order valence-corrected chi connectivity index (χ3v) is 4.30. The van der Waals surface area contributed by atoms with Crippen molar-refractivity contribution in [3.8, 4) is 0 Å². The molecule has 1 aromatic rings. The summed E-state index contributed by atoms with van der Waals surface area (Å²) < 4.78 is 0. The Morgan fingerprint density at radius 1 is 1.33 bits per heavy atom. The number of pyridine rings is 1. The highest BCUT2D eigenvalue weighted by molar-refractivity contribution is 8.76. The topological polar surface area (TPSA) is 68.0 Å². The molecule has 0 aliphatic carbocycles. The Labute approximate surface area is 116 Å². The van der Waals surface area contributed by atoms with Crippen LogP contribution in [0, 0.1) is 0 Å². The summed E-state index contributed by atoms with van der Waals surface area (Å²) in [5.41, 5.74) is 5.39. The fraction of sp³-hybridized carbons (Fsp3) is 0.500. The van der Waals surface area contributed by atoms with Crippen molar-refractivity contribution >= 4 is 27.5 Å². The van der Waals surface area contributed by atoms with Crippen LogP contribution in [-0.2, 0) is 4.79 Å². The molecule has 0 saturated heterocycles. The van der Waals surface area contributed by atoms with Crippen molar-refractivity contribution in [1.82, 2.24) is 10.3 Å². The second-order valence-corrected chi connectivity index (χ2v) is 6.03. The second kappa shape index (κ2) is 10.2. The summed E-state index contributed by atoms with van der Waals surface area (Å²) in [5.74, 6) is 0.536. The van der Waals surface area contributed by atoms with E-state index < -0.39 is 0 Å². The molecule has 4 nitrogen and oxygen atoms in total. The minimum absolute atomic E-state index is 0.0798. The Morgan fingerprint density at radius 2 is 2.22 bits per heavy atom. The normalized spacial score (nSPS) is 10.3. The molecule has 1 heterocycles. The summed E-state index contributed by atoms with van der Waals surface area (Å²) in [7, 11) is 3.03. The van der Waals surface area contributed by atoms with Gasteiger partial charge in [-0.2, -0.15) is 0 Å². The Morgan fingerprint density at radius 3 is 2.94 bits per heavy atom. The van der Waals surface area contributed by atoms with Gasteiger partial charge in [-0.15, -0.1) is 0 Å². The molecule has 1 aromatic heterocycles. The first-order chi connectivity index (χ1) is 8.83. The number of nitrogens with one attached hydrogen (secondary N) is 1. The highest BCUT2D eigenvalue weighted by atomic mass is 33.1. The predicted molar refractivity (Wildman–Crippen MR) is 78.5 cm³/mol. The molecule has 1 rings (SSSR count). The van der Waals surface area contributed by atoms with Gasteiger partial charge in [0.2, 0.25) is 5.91 Å². The number of nitrogens with zero attached hydrogens (tertiary/aromatic N) is 1. The van der Waals surface area contributed by atoms with Gasteiger partial charge in [-0.1, -0.05) is 23.3 Å². The summed E-state index contributed by atoms with van der Waals surface area (Å²) in [4.78, 5) is 15.6. The van der Waals surface area contributed by atoms with Gasteiger partial charge in [0.15, 0.2) is 0 Å². The first kappa shape index (κ1) is 15.3. The van der Waals surface area contributed by atoms with Gasteiger partial charge in [-0.05, 0) is 42.3 Å². The van der Waals surface area contributed by atoms with Crippen LogP contribution in [-0.4, -0.2) is 29.7 Å². The number of aromatic nitrogens is 1. The van der Waals surface area contributed by atoms with E-state index in [-0.39, 0.29) is 5.91 Å². The van der Waals surface area contributed by atoms with E-state index >= 15 is 0 Å². The minimum atomic E-state index is 0.0798. The molecule has 0 fully saturated rings. The lowest BCUT2D eigenvalue weighted by Gasteiger charge is -2.04. The first-order valence-electron chi connectivity index (χ1n) is 6.00. The van der Waals surface area contributed by atoms with E-state index in [4.69, 9.17) is 5.73 Å². The van der Waals surface area contributed by atoms with Crippen molar-refractivity contribution in [2.24, 2.45) is 5.73 Å². The van der Waals surface area contributed by atoms with E-state index in [1.54, 1.807) is 6.20 Å². The number of rotatable bonds is 9. The highest BCUT2D eigenvalue weighted by Crippen LogP contribution is 2.28. The summed E-state index contributed by atoms with van der Waals surface area (Å²) in [6, 6.07) is 5.75. The molecule has 0 unspecified atom stereocenters. The SMILES string of the molecule is NCCCCCNC(=O)CSSc1ccccn1. The molecule has 0 bridgehead atoms. The summed E-state index contributed by atoms with van der Waals surface area (Å²) in [6.07, 6.45) is 4.86. The van der Waals surface area contributed by atoms with Crippen molar-refractivity contribution < 1.29 is 4.79 Å². The molecule has 1 amide bonds. The average molecular weight is 285 g/mol. The van der Waals surface area contributed by atoms with Crippen molar-refractivity contribution in [2.45, 2.75) is 24.3 Å². The molecule has 0 aromatic carbocycles. The van der Waals surface area contributed by atoms with Gasteiger partial charge in [0.25, 0.3) is 0 Å². The molecule has 0 saturated carbocycles. The summed E-state index contributed by atoms with van der Waals surface area (Å²) in [5, 5.41) is 3.82. The van der Waals surface area contributed by atoms with Gasteiger partial charge >= 0.3 is 0 Å². The lowest BCUT2D eigenvalue weighted by molar-refractivity contribution is -0.118. The molecular weight excluding hydrogens is 266 g/mol. The van der Waals surface area contributed by atoms with Gasteiger partial charge in [-0.3, -0.25) is 4.79 Å². The third-order valence-electron chi connectivity index (χ3n) is 2.18. The van der Waals surface area contributed by atoms with Crippen molar-refractivity contribution in [1.29, 1.82) is 0 Å². The maximum atomic E-state index is 11.5. The quantitative estimate of drug-likeness (QED) is 0.537. The number of nitrogens with two attached hydrogens (primary N) is 1. The standard InChI is InChI=1S/C12H19N3OS2/c13-7-3-1-4-8-14-11(16)10-17-18-12-6-2-5-9-15-12/h2,5-6,9H,1,3-4,7-8,10,13H2,(H,14,16). The molecule has 6 heteroatoms. The maximum Gasteiger partial charge on any atom is 0.230 e. The third kappa shape index (κ3) is 7.58. The molecule has 0 aliphatic rings. The number of carbonyl (C=O) groups is 1. The monoisotopic (exact) mass is 285 g/mol. The molecule has 0 radical (unpaired) electrons. The predicted octanol–water partition coefficient (Wildman–Crippen LogP) is 2.07. The number of hydrogen-bond donors (Lipinski definition) is 2. The van der Waals surface area contributed by atoms with Gasteiger partial charge in [0.05, 0.1) is 5.75 Å². The summed E-state index contributed by atoms with van der Waals surface area (Å²) >= 11 is 0. The van der Waals surface area contributed by atoms with E-state index in [2.05, 4.69) is 10.3 Å². The Bertz CT molecular complexity index is 335. The largest absolute Gasteiger partial charge is 0.355 e. The van der Waals surface area contributed by atoms with Gasteiger partial charge in [0.1, 0.15) is 5.03 Å². The fourth-order valence-electron chi connectivity index (χ4n) is 1.26. The van der Waals surface area contributed by atoms with Gasteiger partial charge in [-0.25, -0.2) is 4.98 Å². The molecule has 18 heavy (non-hydrogen) atoms. The molecule has 0 atom stereocenters. The second-order valence-electron chi connectivity index (χ2n) is 3.71. The lowest BCUT2D eigenvalue weighted by Crippen LogP contribution is -2.25. The van der Waals surface area contributed by atoms with Gasteiger partial charge < -0.3 is 11.1 Å². The van der Waals surface area contributed by atoms with E-state index in [9.17, 15) is 4.79 Å². The van der Waals surface area contributed by atoms with Crippen molar-refractivity contribution in [3.05, 3.63) is 24.4 Å². The van der Waals surface area contributed by atoms with E-state index in [0.29, 0.717) is 5.75 Å². The minimum Gasteiger partial charge on any atom is -0.355 e. The van der Waals surface area contributed by atoms with Crippen LogP contribution in [0.1, 0.15) is 19.3 Å². The van der Waals surface area contributed by atoms with Crippen LogP contribution in [0.4, 0.5) is 0 Å². The van der Waals surface area contributed by atoms with Crippen LogP contribution < -0.4 is 11.1 Å². The smallest absolute Gasteiger partial charge is 0.230 e. The lowest BCUT2D eigenvalue weighted by atomic mass is 10.2. The van der Waals surface area contributed by atoms with Crippen LogP contribution in [0.5, 0.6) is 0 Å². The van der Waals surface area contributed by atoms with E-state index in [1.165, 1.54) is 21.6 Å². The zero-order chi connectivity index (χ0) is 13.1. The fourth-order valence-corrected chi connectivity index (χ4v) is 3.05. The number of hydrogen-bond acceptors (Lipinski definition) is 5. The van der Waals surface area contributed by atoms with Crippen LogP contribution in [0.2, 0.25) is 0 Å². The van der Waals surface area contributed by atoms with Crippen LogP contribution in [0.25, 0.3) is 0 Å². The first-order valence-corrected chi connectivity index (χ1v) is 8.32. The molecule has 0 aliphatic heterocycles. The Balaban J connectivity index is 2.00. The zero-order valence-electron chi connectivity index (χ0n) is 10.3. The average Bonchev–Trinajstić information content (AvgIpc) is 2.40. The molecular formula is C12H19N3OS2. The number of unbranched alkanes of at least 4 members (excludes halogenated alkanes) is 2. The number of carbonyl (C=O) groups excluding carboxylic acids is 1. The molecule has 0 spiro atoms. The van der Waals surface area contributed by atoms with Crippen LogP contribution in [0.15, 0.2) is 29.4 Å². The Kier molecular flexibility index (Phi) is 8.71. The number of amides is 1.